The van der Waals surface area contributed by atoms with Crippen molar-refractivity contribution >= 4 is 52.1 Å². The van der Waals surface area contributed by atoms with Gasteiger partial charge >= 0.3 is 5.97 Å². The van der Waals surface area contributed by atoms with Gasteiger partial charge in [0.1, 0.15) is 6.61 Å². The highest BCUT2D eigenvalue weighted by molar-refractivity contribution is 6.39. The summed E-state index contributed by atoms with van der Waals surface area (Å²) in [6, 6.07) is 10.1. The molecule has 2 aromatic rings. The number of carbonyl (C=O) groups is 2. The van der Waals surface area contributed by atoms with Gasteiger partial charge in [-0.2, -0.15) is 0 Å². The van der Waals surface area contributed by atoms with Gasteiger partial charge in [0, 0.05) is 18.3 Å². The largest absolute Gasteiger partial charge is 0.463 e. The zero-order valence-corrected chi connectivity index (χ0v) is 15.5. The second kappa shape index (κ2) is 9.43. The summed E-state index contributed by atoms with van der Waals surface area (Å²) < 4.78 is 4.90. The summed E-state index contributed by atoms with van der Waals surface area (Å²) in [6.45, 7) is 1.09. The van der Waals surface area contributed by atoms with Gasteiger partial charge in [-0.15, -0.1) is 0 Å². The van der Waals surface area contributed by atoms with Crippen molar-refractivity contribution < 1.29 is 19.4 Å². The van der Waals surface area contributed by atoms with E-state index in [4.69, 9.17) is 33.0 Å². The van der Waals surface area contributed by atoms with Gasteiger partial charge in [0.05, 0.1) is 28.8 Å². The van der Waals surface area contributed by atoms with E-state index in [-0.39, 0.29) is 25.5 Å². The minimum atomic E-state index is -0.486. The van der Waals surface area contributed by atoms with Crippen LogP contribution in [-0.4, -0.2) is 30.2 Å². The Morgan fingerprint density at radius 3 is 2.46 bits per heavy atom. The first-order valence-electron chi connectivity index (χ1n) is 7.78. The van der Waals surface area contributed by atoms with Gasteiger partial charge in [-0.25, -0.2) is 0 Å². The molecule has 26 heavy (non-hydrogen) atoms. The summed E-state index contributed by atoms with van der Waals surface area (Å²) in [4.78, 5) is 23.2. The number of esters is 1. The number of halogens is 2. The van der Waals surface area contributed by atoms with Gasteiger partial charge in [0.25, 0.3) is 0 Å². The predicted molar refractivity (Wildman–Crippen MR) is 102 cm³/mol. The Morgan fingerprint density at radius 1 is 1.15 bits per heavy atom. The van der Waals surface area contributed by atoms with Gasteiger partial charge in [0.2, 0.25) is 5.91 Å². The third-order valence-corrected chi connectivity index (χ3v) is 3.97. The number of rotatable bonds is 7. The Hall–Kier alpha value is -2.28. The second-order valence-corrected chi connectivity index (χ2v) is 6.21. The Morgan fingerprint density at radius 2 is 1.85 bits per heavy atom. The number of hydrogen-bond acceptors (Lipinski definition) is 5. The maximum absolute atomic E-state index is 11.9. The minimum Gasteiger partial charge on any atom is -0.463 e. The van der Waals surface area contributed by atoms with Crippen molar-refractivity contribution in [3.63, 3.8) is 0 Å². The Labute approximate surface area is 161 Å². The number of ether oxygens (including phenoxy) is 1. The molecule has 8 heteroatoms. The Kier molecular flexibility index (Phi) is 7.26. The van der Waals surface area contributed by atoms with Crippen molar-refractivity contribution in [2.75, 3.05) is 23.8 Å². The number of hydrogen-bond donors (Lipinski definition) is 3. The summed E-state index contributed by atoms with van der Waals surface area (Å²) in [5, 5.41) is 15.4. The van der Waals surface area contributed by atoms with E-state index < -0.39 is 5.97 Å². The molecule has 1 amide bonds. The molecule has 0 aromatic heterocycles. The topological polar surface area (TPSA) is 87.7 Å². The van der Waals surface area contributed by atoms with Crippen LogP contribution in [0.15, 0.2) is 36.4 Å². The first-order valence-corrected chi connectivity index (χ1v) is 8.54. The van der Waals surface area contributed by atoms with E-state index in [0.29, 0.717) is 32.7 Å². The molecule has 0 saturated heterocycles. The van der Waals surface area contributed by atoms with Gasteiger partial charge in [-0.1, -0.05) is 35.3 Å². The van der Waals surface area contributed by atoms with Crippen LogP contribution in [0.3, 0.4) is 0 Å². The van der Waals surface area contributed by atoms with Crippen molar-refractivity contribution in [1.29, 1.82) is 0 Å². The first kappa shape index (κ1) is 20.0. The van der Waals surface area contributed by atoms with Crippen molar-refractivity contribution in [3.8, 4) is 0 Å². The molecule has 0 bridgehead atoms. The molecule has 0 aliphatic rings. The monoisotopic (exact) mass is 396 g/mol. The molecule has 3 N–H and O–H groups in total. The molecular formula is C18H18Cl2N2O4. The molecule has 0 fully saturated rings. The maximum atomic E-state index is 11.9. The van der Waals surface area contributed by atoms with Crippen LogP contribution in [0, 0.1) is 0 Å². The lowest BCUT2D eigenvalue weighted by molar-refractivity contribution is -0.143. The van der Waals surface area contributed by atoms with E-state index in [9.17, 15) is 9.59 Å². The summed E-state index contributed by atoms with van der Waals surface area (Å²) in [5.41, 5.74) is 2.21. The van der Waals surface area contributed by atoms with Crippen molar-refractivity contribution in [1.82, 2.24) is 0 Å². The highest BCUT2D eigenvalue weighted by Crippen LogP contribution is 2.34. The molecular weight excluding hydrogens is 379 g/mol. The molecule has 0 aliphatic carbocycles. The highest BCUT2D eigenvalue weighted by Gasteiger charge is 2.13. The second-order valence-electron chi connectivity index (χ2n) is 5.40. The van der Waals surface area contributed by atoms with Gasteiger partial charge in [0.15, 0.2) is 0 Å². The lowest BCUT2D eigenvalue weighted by atomic mass is 10.1. The fraction of sp³-hybridized carbons (Fsp3) is 0.222. The Bertz CT molecular complexity index is 792. The van der Waals surface area contributed by atoms with Gasteiger partial charge in [-0.05, 0) is 29.8 Å². The maximum Gasteiger partial charge on any atom is 0.310 e. The number of aliphatic hydroxyl groups excluding tert-OH is 1. The van der Waals surface area contributed by atoms with E-state index in [2.05, 4.69) is 10.6 Å². The summed E-state index contributed by atoms with van der Waals surface area (Å²) >= 11 is 12.4. The van der Waals surface area contributed by atoms with Crippen LogP contribution in [0.4, 0.5) is 17.1 Å². The fourth-order valence-electron chi connectivity index (χ4n) is 2.25. The average molecular weight is 397 g/mol. The van der Waals surface area contributed by atoms with Gasteiger partial charge < -0.3 is 20.5 Å². The summed E-state index contributed by atoms with van der Waals surface area (Å²) in [5.74, 6) is -0.707. The normalized spacial score (nSPS) is 10.3. The number of amides is 1. The zero-order valence-electron chi connectivity index (χ0n) is 14.0. The lowest BCUT2D eigenvalue weighted by Crippen LogP contribution is -2.13. The number of para-hydroxylation sites is 1. The molecule has 0 saturated carbocycles. The summed E-state index contributed by atoms with van der Waals surface area (Å²) in [7, 11) is 0. The first-order chi connectivity index (χ1) is 12.4. The van der Waals surface area contributed by atoms with Crippen LogP contribution in [0.25, 0.3) is 0 Å². The molecule has 0 radical (unpaired) electrons. The number of anilines is 3. The lowest BCUT2D eigenvalue weighted by Gasteiger charge is -2.16. The van der Waals surface area contributed by atoms with Crippen LogP contribution in [0.1, 0.15) is 12.5 Å². The Balaban J connectivity index is 2.35. The quantitative estimate of drug-likeness (QED) is 0.619. The van der Waals surface area contributed by atoms with E-state index in [1.807, 2.05) is 0 Å². The molecule has 2 rings (SSSR count). The third kappa shape index (κ3) is 5.62. The number of benzene rings is 2. The molecule has 0 atom stereocenters. The van der Waals surface area contributed by atoms with E-state index >= 15 is 0 Å². The van der Waals surface area contributed by atoms with Crippen molar-refractivity contribution in [3.05, 3.63) is 52.0 Å². The SMILES string of the molecule is CC(=O)Nc1ccc(CC(=O)OCCO)c(Nc2c(Cl)cccc2Cl)c1. The molecule has 6 nitrogen and oxygen atoms in total. The van der Waals surface area contributed by atoms with Gasteiger partial charge in [-0.3, -0.25) is 9.59 Å². The molecule has 138 valence electrons. The molecule has 0 spiro atoms. The molecule has 2 aromatic carbocycles. The summed E-state index contributed by atoms with van der Waals surface area (Å²) in [6.07, 6.45) is -0.0231. The smallest absolute Gasteiger partial charge is 0.310 e. The van der Waals surface area contributed by atoms with Crippen LogP contribution in [0.2, 0.25) is 10.0 Å². The third-order valence-electron chi connectivity index (χ3n) is 3.34. The van der Waals surface area contributed by atoms with E-state index in [1.54, 1.807) is 36.4 Å². The van der Waals surface area contributed by atoms with Crippen LogP contribution < -0.4 is 10.6 Å². The molecule has 0 heterocycles. The van der Waals surface area contributed by atoms with Crippen LogP contribution in [0.5, 0.6) is 0 Å². The molecule has 0 aliphatic heterocycles. The number of aliphatic hydroxyl groups is 1. The number of nitrogens with one attached hydrogen (secondary N) is 2. The van der Waals surface area contributed by atoms with E-state index in [1.165, 1.54) is 6.92 Å². The highest BCUT2D eigenvalue weighted by atomic mass is 35.5. The fourth-order valence-corrected chi connectivity index (χ4v) is 2.74. The molecule has 0 unspecified atom stereocenters. The standard InChI is InChI=1S/C18H18Cl2N2O4/c1-11(24)21-13-6-5-12(9-17(25)26-8-7-23)16(10-13)22-18-14(19)3-2-4-15(18)20/h2-6,10,22-23H,7-9H2,1H3,(H,21,24). The van der Waals surface area contributed by atoms with Crippen LogP contribution >= 0.6 is 23.2 Å². The average Bonchev–Trinajstić information content (AvgIpc) is 2.58. The predicted octanol–water partition coefficient (Wildman–Crippen LogP) is 3.77. The zero-order chi connectivity index (χ0) is 19.1. The van der Waals surface area contributed by atoms with Crippen LogP contribution in [-0.2, 0) is 20.7 Å². The van der Waals surface area contributed by atoms with Crippen molar-refractivity contribution in [2.24, 2.45) is 0 Å². The van der Waals surface area contributed by atoms with E-state index in [0.717, 1.165) is 0 Å². The number of carbonyl (C=O) groups excluding carboxylic acids is 2. The van der Waals surface area contributed by atoms with Crippen molar-refractivity contribution in [2.45, 2.75) is 13.3 Å². The minimum absolute atomic E-state index is 0.0231.